The zero-order valence-electron chi connectivity index (χ0n) is 17.9. The highest BCUT2D eigenvalue weighted by atomic mass is 16.6. The highest BCUT2D eigenvalue weighted by Gasteiger charge is 2.31. The summed E-state index contributed by atoms with van der Waals surface area (Å²) < 4.78 is 18.6. The highest BCUT2D eigenvalue weighted by molar-refractivity contribution is 5.82. The summed E-state index contributed by atoms with van der Waals surface area (Å²) in [6, 6.07) is 7.91. The number of aromatic nitrogens is 2. The van der Waals surface area contributed by atoms with Gasteiger partial charge in [-0.25, -0.2) is 9.48 Å². The Morgan fingerprint density at radius 1 is 1.11 bits per heavy atom. The minimum atomic E-state index is -1.04. The molecule has 0 spiro atoms. The van der Waals surface area contributed by atoms with Crippen LogP contribution in [-0.2, 0) is 32.3 Å². The zero-order valence-corrected chi connectivity index (χ0v) is 17.9. The number of para-hydroxylation sites is 1. The van der Waals surface area contributed by atoms with Crippen LogP contribution in [0.4, 0.5) is 0 Å². The fraction of sp³-hybridized carbons (Fsp3) is 0.619. The monoisotopic (exact) mass is 378 g/mol. The number of hydrogen-bond acceptors (Lipinski definition) is 5. The predicted molar refractivity (Wildman–Crippen MR) is 107 cm³/mol. The molecule has 1 aromatic heterocycles. The van der Waals surface area contributed by atoms with Gasteiger partial charge in [-0.3, -0.25) is 0 Å². The van der Waals surface area contributed by atoms with E-state index in [4.69, 9.17) is 14.2 Å². The van der Waals surface area contributed by atoms with Gasteiger partial charge in [-0.15, -0.1) is 0 Å². The number of carbonyl (C=O) groups excluding carboxylic acids is 1. The van der Waals surface area contributed by atoms with Crippen LogP contribution in [0.25, 0.3) is 10.9 Å². The number of rotatable bonds is 8. The van der Waals surface area contributed by atoms with E-state index in [9.17, 15) is 4.79 Å². The van der Waals surface area contributed by atoms with Crippen LogP contribution in [0.5, 0.6) is 0 Å². The number of fused-ring (bicyclic) bond motifs is 1. The van der Waals surface area contributed by atoms with Crippen molar-refractivity contribution >= 4 is 16.9 Å². The van der Waals surface area contributed by atoms with Gasteiger partial charge in [0.15, 0.2) is 5.60 Å². The molecule has 0 amide bonds. The molecular formula is C21H34N2O4. The van der Waals surface area contributed by atoms with E-state index < -0.39 is 5.60 Å². The third kappa shape index (κ3) is 6.63. The molecule has 0 fully saturated rings. The Balaban J connectivity index is 0.00000176. The molecule has 0 aliphatic rings. The maximum absolute atomic E-state index is 12.1. The molecule has 1 heterocycles. The molecule has 0 saturated heterocycles. The van der Waals surface area contributed by atoms with Gasteiger partial charge in [0.2, 0.25) is 0 Å². The van der Waals surface area contributed by atoms with E-state index in [1.807, 2.05) is 70.5 Å². The maximum atomic E-state index is 12.1. The van der Waals surface area contributed by atoms with Crippen LogP contribution in [0.3, 0.4) is 0 Å². The molecular weight excluding hydrogens is 344 g/mol. The van der Waals surface area contributed by atoms with Crippen LogP contribution in [-0.4, -0.2) is 33.6 Å². The Hall–Kier alpha value is -1.92. The van der Waals surface area contributed by atoms with Gasteiger partial charge in [-0.1, -0.05) is 32.0 Å². The molecule has 0 bridgehead atoms. The lowest BCUT2D eigenvalue weighted by Crippen LogP contribution is -2.38. The summed E-state index contributed by atoms with van der Waals surface area (Å²) in [5.74, 6) is -0.380. The Kier molecular flexibility index (Phi) is 8.93. The topological polar surface area (TPSA) is 62.6 Å². The molecule has 27 heavy (non-hydrogen) atoms. The first-order valence-electron chi connectivity index (χ1n) is 9.61. The van der Waals surface area contributed by atoms with Crippen molar-refractivity contribution < 1.29 is 19.0 Å². The first-order chi connectivity index (χ1) is 12.7. The average Bonchev–Trinajstić information content (AvgIpc) is 2.97. The summed E-state index contributed by atoms with van der Waals surface area (Å²) in [5.41, 5.74) is 0.710. The zero-order chi connectivity index (χ0) is 20.6. The fourth-order valence-corrected chi connectivity index (χ4v) is 2.28. The smallest absolute Gasteiger partial charge is 0.338 e. The summed E-state index contributed by atoms with van der Waals surface area (Å²) in [5, 5.41) is 5.59. The van der Waals surface area contributed by atoms with Crippen molar-refractivity contribution in [2.45, 2.75) is 86.5 Å². The van der Waals surface area contributed by atoms with E-state index in [-0.39, 0.29) is 24.8 Å². The van der Waals surface area contributed by atoms with E-state index in [1.54, 1.807) is 13.8 Å². The molecule has 0 N–H and O–H groups in total. The van der Waals surface area contributed by atoms with Crippen molar-refractivity contribution in [1.29, 1.82) is 0 Å². The van der Waals surface area contributed by atoms with Gasteiger partial charge in [0.05, 0.1) is 30.0 Å². The molecule has 6 heteroatoms. The Labute approximate surface area is 162 Å². The molecule has 0 aliphatic heterocycles. The number of benzene rings is 1. The van der Waals surface area contributed by atoms with Crippen molar-refractivity contribution in [1.82, 2.24) is 9.78 Å². The predicted octanol–water partition coefficient (Wildman–Crippen LogP) is 4.69. The minimum absolute atomic E-state index is 0.118. The molecule has 0 aliphatic carbocycles. The summed E-state index contributed by atoms with van der Waals surface area (Å²) in [7, 11) is 0. The van der Waals surface area contributed by atoms with Gasteiger partial charge in [-0.05, 0) is 47.6 Å². The number of hydrogen-bond donors (Lipinski definition) is 0. The lowest BCUT2D eigenvalue weighted by Gasteiger charge is -2.24. The number of esters is 1. The van der Waals surface area contributed by atoms with Crippen molar-refractivity contribution in [3.05, 3.63) is 30.0 Å². The molecule has 0 radical (unpaired) electrons. The van der Waals surface area contributed by atoms with Gasteiger partial charge in [0.25, 0.3) is 0 Å². The number of nitrogens with zero attached hydrogens (tertiary/aromatic N) is 2. The summed E-state index contributed by atoms with van der Waals surface area (Å²) in [6.45, 7) is 15.6. The van der Waals surface area contributed by atoms with Crippen LogP contribution in [0.2, 0.25) is 0 Å². The third-order valence-corrected chi connectivity index (χ3v) is 3.67. The SMILES string of the molecule is CC.CC(C)OCn1nc(COC(C)(C)C(=O)OC(C)C)c2ccccc21. The van der Waals surface area contributed by atoms with E-state index in [2.05, 4.69) is 5.10 Å². The lowest BCUT2D eigenvalue weighted by molar-refractivity contribution is -0.173. The van der Waals surface area contributed by atoms with Crippen molar-refractivity contribution in [2.75, 3.05) is 0 Å². The highest BCUT2D eigenvalue weighted by Crippen LogP contribution is 2.22. The Morgan fingerprint density at radius 2 is 1.74 bits per heavy atom. The first kappa shape index (κ1) is 23.1. The third-order valence-electron chi connectivity index (χ3n) is 3.67. The second-order valence-electron chi connectivity index (χ2n) is 7.06. The molecule has 0 atom stereocenters. The molecule has 6 nitrogen and oxygen atoms in total. The van der Waals surface area contributed by atoms with E-state index in [0.29, 0.717) is 6.73 Å². The average molecular weight is 379 g/mol. The molecule has 152 valence electrons. The Bertz CT molecular complexity index is 720. The molecule has 2 rings (SSSR count). The van der Waals surface area contributed by atoms with Gasteiger partial charge in [0, 0.05) is 5.39 Å². The van der Waals surface area contributed by atoms with Gasteiger partial charge in [-0.2, -0.15) is 5.10 Å². The summed E-state index contributed by atoms with van der Waals surface area (Å²) in [6.07, 6.45) is -0.0593. The van der Waals surface area contributed by atoms with Gasteiger partial charge >= 0.3 is 5.97 Å². The van der Waals surface area contributed by atoms with Crippen LogP contribution in [0.1, 0.15) is 61.1 Å². The van der Waals surface area contributed by atoms with Crippen molar-refractivity contribution in [3.63, 3.8) is 0 Å². The van der Waals surface area contributed by atoms with Crippen LogP contribution >= 0.6 is 0 Å². The largest absolute Gasteiger partial charge is 0.461 e. The normalized spacial score (nSPS) is 11.6. The number of carbonyl (C=O) groups is 1. The number of ether oxygens (including phenoxy) is 3. The van der Waals surface area contributed by atoms with Crippen LogP contribution in [0, 0.1) is 0 Å². The molecule has 1 aromatic carbocycles. The summed E-state index contributed by atoms with van der Waals surface area (Å²) >= 11 is 0. The van der Waals surface area contributed by atoms with Crippen LogP contribution < -0.4 is 0 Å². The fourth-order valence-electron chi connectivity index (χ4n) is 2.28. The minimum Gasteiger partial charge on any atom is -0.461 e. The maximum Gasteiger partial charge on any atom is 0.338 e. The van der Waals surface area contributed by atoms with Gasteiger partial charge < -0.3 is 14.2 Å². The van der Waals surface area contributed by atoms with Crippen molar-refractivity contribution in [2.24, 2.45) is 0 Å². The van der Waals surface area contributed by atoms with Gasteiger partial charge in [0.1, 0.15) is 6.73 Å². The molecule has 0 saturated carbocycles. The second kappa shape index (κ2) is 10.4. The Morgan fingerprint density at radius 3 is 2.33 bits per heavy atom. The first-order valence-corrected chi connectivity index (χ1v) is 9.61. The van der Waals surface area contributed by atoms with E-state index in [0.717, 1.165) is 16.6 Å². The standard InChI is InChI=1S/C19H28N2O4.C2H6/c1-13(2)23-12-21-17-10-8-7-9-15(17)16(20-21)11-24-19(5,6)18(22)25-14(3)4;1-2/h7-10,13-14H,11-12H2,1-6H3;1-2H3. The summed E-state index contributed by atoms with van der Waals surface area (Å²) in [4.78, 5) is 12.1. The lowest BCUT2D eigenvalue weighted by atomic mass is 10.1. The van der Waals surface area contributed by atoms with E-state index in [1.165, 1.54) is 0 Å². The molecule has 2 aromatic rings. The van der Waals surface area contributed by atoms with E-state index >= 15 is 0 Å². The molecule has 0 unspecified atom stereocenters. The van der Waals surface area contributed by atoms with Crippen LogP contribution in [0.15, 0.2) is 24.3 Å². The van der Waals surface area contributed by atoms with Crippen molar-refractivity contribution in [3.8, 4) is 0 Å². The quantitative estimate of drug-likeness (QED) is 0.624. The second-order valence-corrected chi connectivity index (χ2v) is 7.06.